The molecule has 0 saturated heterocycles. The van der Waals surface area contributed by atoms with E-state index < -0.39 is 0 Å². The second kappa shape index (κ2) is 5.77. The van der Waals surface area contributed by atoms with Gasteiger partial charge in [0.25, 0.3) is 0 Å². The lowest BCUT2D eigenvalue weighted by molar-refractivity contribution is 0.583. The van der Waals surface area contributed by atoms with Gasteiger partial charge in [0.2, 0.25) is 0 Å². The van der Waals surface area contributed by atoms with Crippen LogP contribution in [0.5, 0.6) is 0 Å². The fourth-order valence-corrected chi connectivity index (χ4v) is 2.24. The van der Waals surface area contributed by atoms with E-state index in [9.17, 15) is 0 Å². The highest BCUT2D eigenvalue weighted by Gasteiger charge is 2.00. The molecule has 1 N–H and O–H groups in total. The fourth-order valence-electron chi connectivity index (χ4n) is 1.56. The van der Waals surface area contributed by atoms with E-state index in [-0.39, 0.29) is 0 Å². The summed E-state index contributed by atoms with van der Waals surface area (Å²) in [5, 5.41) is 13.5. The van der Waals surface area contributed by atoms with Gasteiger partial charge in [-0.3, -0.25) is 0 Å². The minimum Gasteiger partial charge on any atom is -0.316 e. The van der Waals surface area contributed by atoms with Crippen LogP contribution in [0.1, 0.15) is 17.6 Å². The zero-order valence-electron chi connectivity index (χ0n) is 9.39. The summed E-state index contributed by atoms with van der Waals surface area (Å²) in [6.07, 6.45) is 2.73. The Morgan fingerprint density at radius 1 is 1.50 bits per heavy atom. The summed E-state index contributed by atoms with van der Waals surface area (Å²) in [4.78, 5) is 1.37. The number of nitrogens with one attached hydrogen (secondary N) is 1. The molecule has 0 amide bonds. The molecule has 0 spiro atoms. The van der Waals surface area contributed by atoms with E-state index in [2.05, 4.69) is 44.5 Å². The molecule has 0 bridgehead atoms. The van der Waals surface area contributed by atoms with Crippen molar-refractivity contribution >= 4 is 11.3 Å². The average Bonchev–Trinajstić information content (AvgIpc) is 2.95. The predicted molar refractivity (Wildman–Crippen MR) is 65.4 cm³/mol. The Morgan fingerprint density at radius 2 is 2.44 bits per heavy atom. The van der Waals surface area contributed by atoms with Crippen molar-refractivity contribution in [2.24, 2.45) is 0 Å². The molecule has 2 heterocycles. The summed E-state index contributed by atoms with van der Waals surface area (Å²) in [7, 11) is 0. The van der Waals surface area contributed by atoms with E-state index in [0.29, 0.717) is 0 Å². The molecule has 0 radical (unpaired) electrons. The van der Waals surface area contributed by atoms with Crippen molar-refractivity contribution in [3.05, 3.63) is 34.5 Å². The maximum absolute atomic E-state index is 4.05. The standard InChI is InChI=1S/C11H16N4S/c1-2-11-14-13-9-15(11)6-5-12-8-10-4-3-7-16-10/h3-4,7,9,12H,2,5-6,8H2,1H3. The number of hydrogen-bond acceptors (Lipinski definition) is 4. The van der Waals surface area contributed by atoms with Crippen molar-refractivity contribution < 1.29 is 0 Å². The Labute approximate surface area is 99.3 Å². The smallest absolute Gasteiger partial charge is 0.132 e. The van der Waals surface area contributed by atoms with Crippen molar-refractivity contribution in [3.63, 3.8) is 0 Å². The van der Waals surface area contributed by atoms with E-state index in [1.54, 1.807) is 17.7 Å². The van der Waals surface area contributed by atoms with Gasteiger partial charge >= 0.3 is 0 Å². The number of thiophene rings is 1. The second-order valence-electron chi connectivity index (χ2n) is 3.55. The van der Waals surface area contributed by atoms with Crippen LogP contribution in [0.4, 0.5) is 0 Å². The highest BCUT2D eigenvalue weighted by molar-refractivity contribution is 7.09. The van der Waals surface area contributed by atoms with Crippen molar-refractivity contribution in [3.8, 4) is 0 Å². The van der Waals surface area contributed by atoms with Crippen LogP contribution >= 0.6 is 11.3 Å². The molecular weight excluding hydrogens is 220 g/mol. The number of aromatic nitrogens is 3. The lowest BCUT2D eigenvalue weighted by Crippen LogP contribution is -2.19. The number of hydrogen-bond donors (Lipinski definition) is 1. The van der Waals surface area contributed by atoms with Crippen LogP contribution in [0, 0.1) is 0 Å². The Kier molecular flexibility index (Phi) is 4.07. The average molecular weight is 236 g/mol. The normalized spacial score (nSPS) is 10.8. The number of aryl methyl sites for hydroxylation is 1. The quantitative estimate of drug-likeness (QED) is 0.776. The Bertz CT molecular complexity index is 407. The minimum atomic E-state index is 0.932. The molecule has 0 aliphatic heterocycles. The Morgan fingerprint density at radius 3 is 3.19 bits per heavy atom. The molecule has 5 heteroatoms. The highest BCUT2D eigenvalue weighted by atomic mass is 32.1. The third kappa shape index (κ3) is 2.90. The maximum Gasteiger partial charge on any atom is 0.132 e. The zero-order valence-corrected chi connectivity index (χ0v) is 10.2. The van der Waals surface area contributed by atoms with Crippen LogP contribution < -0.4 is 5.32 Å². The van der Waals surface area contributed by atoms with Gasteiger partial charge in [0.05, 0.1) is 0 Å². The van der Waals surface area contributed by atoms with Gasteiger partial charge < -0.3 is 9.88 Å². The highest BCUT2D eigenvalue weighted by Crippen LogP contribution is 2.07. The summed E-state index contributed by atoms with van der Waals surface area (Å²) < 4.78 is 2.10. The largest absolute Gasteiger partial charge is 0.316 e. The third-order valence-electron chi connectivity index (χ3n) is 2.42. The molecule has 0 aromatic carbocycles. The van der Waals surface area contributed by atoms with Crippen LogP contribution in [0.25, 0.3) is 0 Å². The van der Waals surface area contributed by atoms with Gasteiger partial charge in [-0.15, -0.1) is 21.5 Å². The molecule has 0 unspecified atom stereocenters. The van der Waals surface area contributed by atoms with Gasteiger partial charge in [-0.05, 0) is 11.4 Å². The monoisotopic (exact) mass is 236 g/mol. The molecule has 2 aromatic rings. The molecule has 4 nitrogen and oxygen atoms in total. The second-order valence-corrected chi connectivity index (χ2v) is 4.58. The van der Waals surface area contributed by atoms with Crippen molar-refractivity contribution in [1.82, 2.24) is 20.1 Å². The van der Waals surface area contributed by atoms with Gasteiger partial charge in [0, 0.05) is 30.9 Å². The van der Waals surface area contributed by atoms with Crippen LogP contribution in [-0.2, 0) is 19.5 Å². The van der Waals surface area contributed by atoms with E-state index in [4.69, 9.17) is 0 Å². The Balaban J connectivity index is 1.72. The van der Waals surface area contributed by atoms with Crippen LogP contribution in [0.15, 0.2) is 23.8 Å². The molecule has 16 heavy (non-hydrogen) atoms. The van der Waals surface area contributed by atoms with Crippen molar-refractivity contribution in [2.75, 3.05) is 6.54 Å². The lowest BCUT2D eigenvalue weighted by Gasteiger charge is -2.05. The minimum absolute atomic E-state index is 0.932. The van der Waals surface area contributed by atoms with E-state index in [0.717, 1.165) is 31.9 Å². The van der Waals surface area contributed by atoms with E-state index in [1.807, 2.05) is 0 Å². The van der Waals surface area contributed by atoms with Gasteiger partial charge in [0.1, 0.15) is 12.2 Å². The molecular formula is C11H16N4S. The molecule has 0 atom stereocenters. The molecule has 0 aliphatic rings. The maximum atomic E-state index is 4.05. The van der Waals surface area contributed by atoms with Crippen LogP contribution in [-0.4, -0.2) is 21.3 Å². The molecule has 0 fully saturated rings. The first kappa shape index (κ1) is 11.3. The van der Waals surface area contributed by atoms with Gasteiger partial charge in [0.15, 0.2) is 0 Å². The van der Waals surface area contributed by atoms with Crippen LogP contribution in [0.3, 0.4) is 0 Å². The van der Waals surface area contributed by atoms with Crippen LogP contribution in [0.2, 0.25) is 0 Å². The molecule has 0 saturated carbocycles. The third-order valence-corrected chi connectivity index (χ3v) is 3.30. The van der Waals surface area contributed by atoms with E-state index in [1.165, 1.54) is 4.88 Å². The molecule has 86 valence electrons. The summed E-state index contributed by atoms with van der Waals surface area (Å²) in [5.41, 5.74) is 0. The fraction of sp³-hybridized carbons (Fsp3) is 0.455. The SMILES string of the molecule is CCc1nncn1CCNCc1cccs1. The number of rotatable bonds is 6. The molecule has 2 aromatic heterocycles. The first-order valence-corrected chi connectivity index (χ1v) is 6.38. The summed E-state index contributed by atoms with van der Waals surface area (Å²) >= 11 is 1.78. The van der Waals surface area contributed by atoms with Gasteiger partial charge in [-0.25, -0.2) is 0 Å². The Hall–Kier alpha value is -1.20. The molecule has 0 aliphatic carbocycles. The summed E-state index contributed by atoms with van der Waals surface area (Å²) in [5.74, 6) is 1.05. The first-order chi connectivity index (χ1) is 7.90. The van der Waals surface area contributed by atoms with E-state index >= 15 is 0 Å². The topological polar surface area (TPSA) is 42.7 Å². The van der Waals surface area contributed by atoms with Gasteiger partial charge in [-0.2, -0.15) is 0 Å². The molecule has 2 rings (SSSR count). The lowest BCUT2D eigenvalue weighted by atomic mass is 10.4. The number of nitrogens with zero attached hydrogens (tertiary/aromatic N) is 3. The van der Waals surface area contributed by atoms with Crippen molar-refractivity contribution in [2.45, 2.75) is 26.4 Å². The summed E-state index contributed by atoms with van der Waals surface area (Å²) in [6.45, 7) is 4.92. The van der Waals surface area contributed by atoms with Crippen molar-refractivity contribution in [1.29, 1.82) is 0 Å². The summed E-state index contributed by atoms with van der Waals surface area (Å²) in [6, 6.07) is 4.23. The predicted octanol–water partition coefficient (Wildman–Crippen LogP) is 1.69. The first-order valence-electron chi connectivity index (χ1n) is 5.50. The zero-order chi connectivity index (χ0) is 11.2. The van der Waals surface area contributed by atoms with Gasteiger partial charge in [-0.1, -0.05) is 13.0 Å².